The third-order valence-corrected chi connectivity index (χ3v) is 6.90. The van der Waals surface area contributed by atoms with Gasteiger partial charge in [-0.25, -0.2) is 0 Å². The third kappa shape index (κ3) is 3.85. The summed E-state index contributed by atoms with van der Waals surface area (Å²) in [6.07, 6.45) is -5.20. The second-order valence-corrected chi connectivity index (χ2v) is 9.12. The van der Waals surface area contributed by atoms with Gasteiger partial charge in [0.05, 0.1) is 27.5 Å². The molecule has 0 fully saturated rings. The summed E-state index contributed by atoms with van der Waals surface area (Å²) < 4.78 is 42.6. The van der Waals surface area contributed by atoms with Crippen LogP contribution < -0.4 is 5.32 Å². The normalized spacial score (nSPS) is 24.3. The molecule has 158 valence electrons. The minimum absolute atomic E-state index is 0.0467. The first-order chi connectivity index (χ1) is 14.2. The molecule has 1 aromatic carbocycles. The van der Waals surface area contributed by atoms with Gasteiger partial charge in [-0.3, -0.25) is 4.79 Å². The molecule has 0 bridgehead atoms. The van der Waals surface area contributed by atoms with Crippen molar-refractivity contribution in [1.82, 2.24) is 5.32 Å². The number of hydrogen-bond acceptors (Lipinski definition) is 6. The molecule has 0 unspecified atom stereocenters. The van der Waals surface area contributed by atoms with Crippen LogP contribution in [0, 0.1) is 17.2 Å². The molecule has 30 heavy (non-hydrogen) atoms. The summed E-state index contributed by atoms with van der Waals surface area (Å²) >= 11 is 8.19. The van der Waals surface area contributed by atoms with Crippen LogP contribution in [0.3, 0.4) is 0 Å². The Labute approximate surface area is 184 Å². The van der Waals surface area contributed by atoms with E-state index in [0.29, 0.717) is 5.75 Å². The van der Waals surface area contributed by atoms with Crippen LogP contribution in [0.4, 0.5) is 13.2 Å². The molecule has 0 spiro atoms. The zero-order valence-electron chi connectivity index (χ0n) is 15.5. The Kier molecular flexibility index (Phi) is 6.53. The molecular weight excluding hydrogens is 457 g/mol. The summed E-state index contributed by atoms with van der Waals surface area (Å²) in [7, 11) is 0. The summed E-state index contributed by atoms with van der Waals surface area (Å²) in [4.78, 5) is 13.3. The van der Waals surface area contributed by atoms with Crippen molar-refractivity contribution in [3.63, 3.8) is 0 Å². The number of thiophene rings is 1. The number of hydrogen-bond donors (Lipinski definition) is 2. The van der Waals surface area contributed by atoms with Crippen LogP contribution >= 0.6 is 34.7 Å². The molecule has 0 aliphatic carbocycles. The molecule has 1 aliphatic rings. The standard InChI is InChI=1S/C20H16ClF3N2O2S2/c1-2-29-18-12(10-25)15(11-6-3-4-7-13(11)21)16(17(27)14-8-5-9-30-14)19(28,26-18)20(22,23)24/h3-9,15-16,26,28H,2H2,1H3/t15-,16-,19+/m0/s1. The van der Waals surface area contributed by atoms with Crippen molar-refractivity contribution in [1.29, 1.82) is 5.26 Å². The number of Topliss-reactive ketones (excluding diaryl/α,β-unsaturated/α-hetero) is 1. The first-order valence-corrected chi connectivity index (χ1v) is 11.1. The maximum atomic E-state index is 14.2. The van der Waals surface area contributed by atoms with Gasteiger partial charge in [-0.1, -0.05) is 42.8 Å². The van der Waals surface area contributed by atoms with E-state index in [-0.39, 0.29) is 26.1 Å². The van der Waals surface area contributed by atoms with Crippen molar-refractivity contribution in [2.45, 2.75) is 24.7 Å². The monoisotopic (exact) mass is 472 g/mol. The molecule has 2 N–H and O–H groups in total. The maximum Gasteiger partial charge on any atom is 0.437 e. The van der Waals surface area contributed by atoms with Crippen molar-refractivity contribution in [2.24, 2.45) is 5.92 Å². The van der Waals surface area contributed by atoms with Gasteiger partial charge in [0.25, 0.3) is 0 Å². The lowest BCUT2D eigenvalue weighted by Crippen LogP contribution is -2.66. The maximum absolute atomic E-state index is 14.2. The van der Waals surface area contributed by atoms with E-state index >= 15 is 0 Å². The molecule has 10 heteroatoms. The Morgan fingerprint density at radius 3 is 2.60 bits per heavy atom. The van der Waals surface area contributed by atoms with Crippen molar-refractivity contribution >= 4 is 40.5 Å². The van der Waals surface area contributed by atoms with E-state index in [0.717, 1.165) is 23.1 Å². The number of nitriles is 1. The number of rotatable bonds is 5. The van der Waals surface area contributed by atoms with Crippen LogP contribution in [0.1, 0.15) is 28.1 Å². The largest absolute Gasteiger partial charge is 0.437 e. The summed E-state index contributed by atoms with van der Waals surface area (Å²) in [6.45, 7) is 1.70. The number of halogens is 4. The van der Waals surface area contributed by atoms with Crippen LogP contribution in [-0.2, 0) is 0 Å². The SMILES string of the molecule is CCSC1=C(C#N)[C@H](c2ccccc2Cl)[C@@H](C(=O)c2cccs2)[C@@](O)(C(F)(F)F)N1. The highest BCUT2D eigenvalue weighted by molar-refractivity contribution is 8.03. The van der Waals surface area contributed by atoms with E-state index in [9.17, 15) is 28.3 Å². The van der Waals surface area contributed by atoms with E-state index < -0.39 is 29.5 Å². The van der Waals surface area contributed by atoms with E-state index in [1.165, 1.54) is 24.3 Å². The Balaban J connectivity index is 2.35. The van der Waals surface area contributed by atoms with Gasteiger partial charge in [0.15, 0.2) is 5.78 Å². The van der Waals surface area contributed by atoms with Gasteiger partial charge in [-0.05, 0) is 28.8 Å². The van der Waals surface area contributed by atoms with Crippen molar-refractivity contribution in [2.75, 3.05) is 5.75 Å². The minimum atomic E-state index is -5.20. The van der Waals surface area contributed by atoms with E-state index in [1.54, 1.807) is 24.4 Å². The number of alkyl halides is 3. The summed E-state index contributed by atoms with van der Waals surface area (Å²) in [5.74, 6) is -4.01. The average Bonchev–Trinajstić information content (AvgIpc) is 3.22. The van der Waals surface area contributed by atoms with E-state index in [2.05, 4.69) is 5.32 Å². The number of benzene rings is 1. The Morgan fingerprint density at radius 2 is 2.07 bits per heavy atom. The number of allylic oxidation sites excluding steroid dienone is 1. The highest BCUT2D eigenvalue weighted by Crippen LogP contribution is 2.52. The lowest BCUT2D eigenvalue weighted by molar-refractivity contribution is -0.285. The second-order valence-electron chi connectivity index (χ2n) is 6.50. The number of ketones is 1. The molecule has 2 aromatic rings. The van der Waals surface area contributed by atoms with Crippen LogP contribution in [0.5, 0.6) is 0 Å². The fraction of sp³-hybridized carbons (Fsp3) is 0.300. The molecule has 3 rings (SSSR count). The number of carbonyl (C=O) groups is 1. The van der Waals surface area contributed by atoms with Gasteiger partial charge in [-0.15, -0.1) is 23.1 Å². The van der Waals surface area contributed by atoms with E-state index in [1.807, 2.05) is 6.07 Å². The Morgan fingerprint density at radius 1 is 1.37 bits per heavy atom. The zero-order chi connectivity index (χ0) is 22.1. The summed E-state index contributed by atoms with van der Waals surface area (Å²) in [5.41, 5.74) is -3.49. The number of nitrogens with zero attached hydrogens (tertiary/aromatic N) is 1. The Bertz CT molecular complexity index is 1020. The first kappa shape index (κ1) is 22.7. The van der Waals surface area contributed by atoms with Crippen LogP contribution in [-0.4, -0.2) is 28.5 Å². The average molecular weight is 473 g/mol. The first-order valence-electron chi connectivity index (χ1n) is 8.82. The molecule has 1 aromatic heterocycles. The topological polar surface area (TPSA) is 73.1 Å². The molecule has 3 atom stereocenters. The van der Waals surface area contributed by atoms with E-state index in [4.69, 9.17) is 11.6 Å². The number of aliphatic hydroxyl groups is 1. The van der Waals surface area contributed by atoms with Gasteiger partial charge in [0.2, 0.25) is 5.72 Å². The van der Waals surface area contributed by atoms with Crippen molar-refractivity contribution < 1.29 is 23.1 Å². The second kappa shape index (κ2) is 8.63. The fourth-order valence-corrected chi connectivity index (χ4v) is 5.27. The zero-order valence-corrected chi connectivity index (χ0v) is 17.9. The number of thioether (sulfide) groups is 1. The fourth-order valence-electron chi connectivity index (χ4n) is 3.47. The number of carbonyl (C=O) groups excluding carboxylic acids is 1. The molecule has 0 saturated heterocycles. The predicted molar refractivity (Wildman–Crippen MR) is 111 cm³/mol. The quantitative estimate of drug-likeness (QED) is 0.576. The van der Waals surface area contributed by atoms with Gasteiger partial charge in [-0.2, -0.15) is 18.4 Å². The van der Waals surface area contributed by atoms with Gasteiger partial charge in [0.1, 0.15) is 0 Å². The third-order valence-electron chi connectivity index (χ3n) is 4.77. The minimum Gasteiger partial charge on any atom is -0.363 e. The van der Waals surface area contributed by atoms with Gasteiger partial charge < -0.3 is 10.4 Å². The molecular formula is C20H16ClF3N2O2S2. The smallest absolute Gasteiger partial charge is 0.363 e. The highest BCUT2D eigenvalue weighted by atomic mass is 35.5. The number of nitrogens with one attached hydrogen (secondary N) is 1. The molecule has 2 heterocycles. The highest BCUT2D eigenvalue weighted by Gasteiger charge is 2.66. The summed E-state index contributed by atoms with van der Waals surface area (Å²) in [6, 6.07) is 11.0. The molecule has 4 nitrogen and oxygen atoms in total. The predicted octanol–water partition coefficient (Wildman–Crippen LogP) is 5.33. The van der Waals surface area contributed by atoms with Crippen LogP contribution in [0.25, 0.3) is 0 Å². The molecule has 0 amide bonds. The Hall–Kier alpha value is -1.99. The van der Waals surface area contributed by atoms with Crippen LogP contribution in [0.2, 0.25) is 5.02 Å². The van der Waals surface area contributed by atoms with Crippen molar-refractivity contribution in [3.8, 4) is 6.07 Å². The lowest BCUT2D eigenvalue weighted by Gasteiger charge is -2.45. The van der Waals surface area contributed by atoms with Gasteiger partial charge in [0, 0.05) is 10.9 Å². The summed E-state index contributed by atoms with van der Waals surface area (Å²) in [5, 5.41) is 24.4. The van der Waals surface area contributed by atoms with Crippen molar-refractivity contribution in [3.05, 3.63) is 67.8 Å². The molecule has 0 saturated carbocycles. The lowest BCUT2D eigenvalue weighted by atomic mass is 9.70. The van der Waals surface area contributed by atoms with Gasteiger partial charge >= 0.3 is 6.18 Å². The molecule has 0 radical (unpaired) electrons. The molecule has 1 aliphatic heterocycles. The van der Waals surface area contributed by atoms with Crippen LogP contribution in [0.15, 0.2) is 52.4 Å².